The number of hydrogen-bond donors (Lipinski definition) is 1. The lowest BCUT2D eigenvalue weighted by Crippen LogP contribution is -2.14. The van der Waals surface area contributed by atoms with E-state index in [0.29, 0.717) is 22.2 Å². The van der Waals surface area contributed by atoms with Crippen LogP contribution in [-0.2, 0) is 0 Å². The second kappa shape index (κ2) is 4.70. The van der Waals surface area contributed by atoms with E-state index in [1.54, 1.807) is 36.4 Å². The van der Waals surface area contributed by atoms with Gasteiger partial charge in [-0.15, -0.1) is 10.2 Å². The third-order valence-corrected chi connectivity index (χ3v) is 2.82. The molecule has 2 aromatic heterocycles. The highest BCUT2D eigenvalue weighted by Crippen LogP contribution is 2.17. The lowest BCUT2D eigenvalue weighted by molar-refractivity contribution is 0.575. The van der Waals surface area contributed by atoms with Crippen molar-refractivity contribution in [2.75, 3.05) is 0 Å². The van der Waals surface area contributed by atoms with Crippen molar-refractivity contribution in [3.8, 4) is 22.8 Å². The number of furan rings is 1. The fraction of sp³-hybridized carbons (Fsp3) is 0. The Morgan fingerprint density at radius 3 is 2.53 bits per heavy atom. The van der Waals surface area contributed by atoms with Gasteiger partial charge in [-0.3, -0.25) is 4.79 Å². The Morgan fingerprint density at radius 1 is 1.11 bits per heavy atom. The third-order valence-electron chi connectivity index (χ3n) is 2.57. The van der Waals surface area contributed by atoms with Crippen LogP contribution >= 0.6 is 11.6 Å². The smallest absolute Gasteiger partial charge is 0.278 e. The Balaban J connectivity index is 2.05. The molecule has 1 aromatic carbocycles. The molecule has 0 bridgehead atoms. The largest absolute Gasteiger partial charge is 0.461 e. The van der Waals surface area contributed by atoms with Gasteiger partial charge < -0.3 is 9.40 Å². The first-order chi connectivity index (χ1) is 9.24. The van der Waals surface area contributed by atoms with Crippen molar-refractivity contribution in [1.82, 2.24) is 15.2 Å². The van der Waals surface area contributed by atoms with Gasteiger partial charge in [0.1, 0.15) is 0 Å². The number of aromatic nitrogens is 3. The van der Waals surface area contributed by atoms with E-state index in [1.807, 2.05) is 0 Å². The Morgan fingerprint density at radius 2 is 1.89 bits per heavy atom. The summed E-state index contributed by atoms with van der Waals surface area (Å²) >= 11 is 5.80. The summed E-state index contributed by atoms with van der Waals surface area (Å²) in [5, 5.41) is 8.48. The van der Waals surface area contributed by atoms with E-state index >= 15 is 0 Å². The van der Waals surface area contributed by atoms with Crippen molar-refractivity contribution in [2.45, 2.75) is 0 Å². The van der Waals surface area contributed by atoms with Gasteiger partial charge in [-0.25, -0.2) is 0 Å². The summed E-state index contributed by atoms with van der Waals surface area (Å²) in [5.41, 5.74) is 0.569. The van der Waals surface area contributed by atoms with Crippen LogP contribution in [-0.4, -0.2) is 15.2 Å². The van der Waals surface area contributed by atoms with Gasteiger partial charge in [0, 0.05) is 10.6 Å². The van der Waals surface area contributed by atoms with E-state index in [4.69, 9.17) is 16.0 Å². The van der Waals surface area contributed by atoms with Crippen molar-refractivity contribution in [1.29, 1.82) is 0 Å². The lowest BCUT2D eigenvalue weighted by Gasteiger charge is -2.00. The zero-order chi connectivity index (χ0) is 13.2. The Hall–Kier alpha value is -2.40. The standard InChI is InChI=1S/C13H8ClN3O2/c14-9-5-3-8(4-6-9)11-13(18)15-12(17-16-11)10-2-1-7-19-10/h1-7H,(H,15,17,18). The predicted molar refractivity (Wildman–Crippen MR) is 70.8 cm³/mol. The maximum Gasteiger partial charge on any atom is 0.278 e. The van der Waals surface area contributed by atoms with E-state index in [1.165, 1.54) is 6.26 Å². The quantitative estimate of drug-likeness (QED) is 0.779. The molecule has 0 radical (unpaired) electrons. The number of benzene rings is 1. The Labute approximate surface area is 112 Å². The number of nitrogens with one attached hydrogen (secondary N) is 1. The van der Waals surface area contributed by atoms with Crippen LogP contribution in [0.3, 0.4) is 0 Å². The van der Waals surface area contributed by atoms with Gasteiger partial charge in [0.2, 0.25) is 0 Å². The molecular weight excluding hydrogens is 266 g/mol. The van der Waals surface area contributed by atoms with Crippen molar-refractivity contribution < 1.29 is 4.42 Å². The van der Waals surface area contributed by atoms with Gasteiger partial charge in [-0.1, -0.05) is 23.7 Å². The Kier molecular flexibility index (Phi) is 2.89. The summed E-state index contributed by atoms with van der Waals surface area (Å²) in [4.78, 5) is 14.6. The summed E-state index contributed by atoms with van der Waals surface area (Å²) in [6.07, 6.45) is 1.50. The molecule has 0 aliphatic heterocycles. The average molecular weight is 274 g/mol. The molecule has 6 heteroatoms. The topological polar surface area (TPSA) is 71.8 Å². The highest BCUT2D eigenvalue weighted by Gasteiger charge is 2.10. The van der Waals surface area contributed by atoms with E-state index in [0.717, 1.165) is 0 Å². The Bertz CT molecular complexity index is 748. The maximum absolute atomic E-state index is 12.0. The molecule has 3 aromatic rings. The van der Waals surface area contributed by atoms with Crippen LogP contribution in [0.5, 0.6) is 0 Å². The molecule has 0 aliphatic rings. The molecule has 0 saturated carbocycles. The van der Waals surface area contributed by atoms with Crippen LogP contribution in [0.4, 0.5) is 0 Å². The number of rotatable bonds is 2. The van der Waals surface area contributed by atoms with E-state index in [9.17, 15) is 4.79 Å². The van der Waals surface area contributed by atoms with Gasteiger partial charge in [-0.05, 0) is 24.3 Å². The zero-order valence-corrected chi connectivity index (χ0v) is 10.4. The molecule has 0 saturated heterocycles. The summed E-state index contributed by atoms with van der Waals surface area (Å²) in [7, 11) is 0. The van der Waals surface area contributed by atoms with Gasteiger partial charge in [0.15, 0.2) is 17.3 Å². The van der Waals surface area contributed by atoms with Crippen molar-refractivity contribution >= 4 is 11.6 Å². The zero-order valence-electron chi connectivity index (χ0n) is 9.63. The summed E-state index contributed by atoms with van der Waals surface area (Å²) in [6.45, 7) is 0. The minimum Gasteiger partial charge on any atom is -0.461 e. The molecule has 0 amide bonds. The SMILES string of the molecule is O=c1[nH]c(-c2ccco2)nnc1-c1ccc(Cl)cc1. The highest BCUT2D eigenvalue weighted by atomic mass is 35.5. The van der Waals surface area contributed by atoms with Crippen LogP contribution in [0.15, 0.2) is 51.9 Å². The summed E-state index contributed by atoms with van der Waals surface area (Å²) in [6, 6.07) is 10.2. The number of aromatic amines is 1. The van der Waals surface area contributed by atoms with Crippen molar-refractivity contribution in [3.05, 3.63) is 58.0 Å². The van der Waals surface area contributed by atoms with Gasteiger partial charge in [-0.2, -0.15) is 0 Å². The van der Waals surface area contributed by atoms with E-state index in [-0.39, 0.29) is 11.3 Å². The molecule has 19 heavy (non-hydrogen) atoms. The first-order valence-corrected chi connectivity index (χ1v) is 5.88. The number of H-pyrrole nitrogens is 1. The van der Waals surface area contributed by atoms with E-state index < -0.39 is 0 Å². The maximum atomic E-state index is 12.0. The normalized spacial score (nSPS) is 10.6. The molecule has 94 valence electrons. The lowest BCUT2D eigenvalue weighted by atomic mass is 10.2. The van der Waals surface area contributed by atoms with Crippen LogP contribution in [0, 0.1) is 0 Å². The second-order valence-electron chi connectivity index (χ2n) is 3.84. The minimum atomic E-state index is -0.330. The molecule has 0 unspecified atom stereocenters. The fourth-order valence-electron chi connectivity index (χ4n) is 1.66. The van der Waals surface area contributed by atoms with E-state index in [2.05, 4.69) is 15.2 Å². The molecule has 5 nitrogen and oxygen atoms in total. The third kappa shape index (κ3) is 2.28. The molecule has 2 heterocycles. The van der Waals surface area contributed by atoms with Crippen LogP contribution in [0.25, 0.3) is 22.8 Å². The molecule has 0 aliphatic carbocycles. The first-order valence-electron chi connectivity index (χ1n) is 5.51. The van der Waals surface area contributed by atoms with Crippen LogP contribution in [0.1, 0.15) is 0 Å². The summed E-state index contributed by atoms with van der Waals surface area (Å²) < 4.78 is 5.15. The fourth-order valence-corrected chi connectivity index (χ4v) is 1.78. The second-order valence-corrected chi connectivity index (χ2v) is 4.27. The number of hydrogen-bond acceptors (Lipinski definition) is 4. The molecule has 0 atom stereocenters. The number of halogens is 1. The van der Waals surface area contributed by atoms with Gasteiger partial charge in [0.25, 0.3) is 5.56 Å². The molecule has 0 fully saturated rings. The predicted octanol–water partition coefficient (Wildman–Crippen LogP) is 2.75. The average Bonchev–Trinajstić information content (AvgIpc) is 2.94. The number of nitrogens with zero attached hydrogens (tertiary/aromatic N) is 2. The van der Waals surface area contributed by atoms with Crippen molar-refractivity contribution in [3.63, 3.8) is 0 Å². The van der Waals surface area contributed by atoms with Gasteiger partial charge >= 0.3 is 0 Å². The van der Waals surface area contributed by atoms with Gasteiger partial charge in [0.05, 0.1) is 6.26 Å². The molecule has 1 N–H and O–H groups in total. The first kappa shape index (κ1) is 11.7. The summed E-state index contributed by atoms with van der Waals surface area (Å²) in [5.74, 6) is 0.764. The highest BCUT2D eigenvalue weighted by molar-refractivity contribution is 6.30. The molecular formula is C13H8ClN3O2. The van der Waals surface area contributed by atoms with Crippen molar-refractivity contribution in [2.24, 2.45) is 0 Å². The minimum absolute atomic E-state index is 0.243. The van der Waals surface area contributed by atoms with Crippen LogP contribution in [0.2, 0.25) is 5.02 Å². The molecule has 0 spiro atoms. The van der Waals surface area contributed by atoms with Crippen LogP contribution < -0.4 is 5.56 Å². The monoisotopic (exact) mass is 273 g/mol. The molecule has 3 rings (SSSR count).